The van der Waals surface area contributed by atoms with E-state index in [1.54, 1.807) is 30.9 Å². The zero-order valence-electron chi connectivity index (χ0n) is 11.5. The SMILES string of the molecule is CCOC(=O)c1oc(-c2ccnn2C)nc1C(C)C. The van der Waals surface area contributed by atoms with Gasteiger partial charge in [0.2, 0.25) is 11.7 Å². The van der Waals surface area contributed by atoms with Gasteiger partial charge >= 0.3 is 5.97 Å². The van der Waals surface area contributed by atoms with Crippen LogP contribution >= 0.6 is 0 Å². The van der Waals surface area contributed by atoms with Gasteiger partial charge in [0.1, 0.15) is 5.69 Å². The smallest absolute Gasteiger partial charge is 0.376 e. The highest BCUT2D eigenvalue weighted by Crippen LogP contribution is 2.26. The number of carbonyl (C=O) groups is 1. The number of esters is 1. The molecule has 0 bridgehead atoms. The lowest BCUT2D eigenvalue weighted by Crippen LogP contribution is -2.07. The largest absolute Gasteiger partial charge is 0.460 e. The fraction of sp³-hybridized carbons (Fsp3) is 0.462. The highest BCUT2D eigenvalue weighted by atomic mass is 16.5. The summed E-state index contributed by atoms with van der Waals surface area (Å²) in [5.74, 6) is 0.150. The predicted octanol–water partition coefficient (Wildman–Crippen LogP) is 2.38. The van der Waals surface area contributed by atoms with Gasteiger partial charge in [-0.1, -0.05) is 13.8 Å². The van der Waals surface area contributed by atoms with Crippen LogP contribution in [0, 0.1) is 0 Å². The van der Waals surface area contributed by atoms with Crippen molar-refractivity contribution in [2.24, 2.45) is 7.05 Å². The second-order valence-electron chi connectivity index (χ2n) is 4.45. The zero-order chi connectivity index (χ0) is 14.0. The summed E-state index contributed by atoms with van der Waals surface area (Å²) in [6, 6.07) is 1.78. The molecule has 0 saturated heterocycles. The van der Waals surface area contributed by atoms with Crippen LogP contribution in [0.1, 0.15) is 42.9 Å². The van der Waals surface area contributed by atoms with E-state index in [1.165, 1.54) is 0 Å². The van der Waals surface area contributed by atoms with Gasteiger partial charge in [-0.3, -0.25) is 4.68 Å². The summed E-state index contributed by atoms with van der Waals surface area (Å²) >= 11 is 0. The van der Waals surface area contributed by atoms with E-state index in [1.807, 2.05) is 13.8 Å². The summed E-state index contributed by atoms with van der Waals surface area (Å²) in [6.45, 7) is 5.96. The lowest BCUT2D eigenvalue weighted by molar-refractivity contribution is 0.0488. The molecule has 0 aromatic carbocycles. The van der Waals surface area contributed by atoms with Gasteiger partial charge in [-0.25, -0.2) is 9.78 Å². The van der Waals surface area contributed by atoms with Crippen LogP contribution in [0.3, 0.4) is 0 Å². The number of nitrogens with zero attached hydrogens (tertiary/aromatic N) is 3. The van der Waals surface area contributed by atoms with Gasteiger partial charge in [-0.2, -0.15) is 5.10 Å². The van der Waals surface area contributed by atoms with E-state index in [0.717, 1.165) is 5.69 Å². The summed E-state index contributed by atoms with van der Waals surface area (Å²) in [5.41, 5.74) is 1.33. The molecule has 2 rings (SSSR count). The molecule has 0 fully saturated rings. The van der Waals surface area contributed by atoms with Crippen LogP contribution in [0.5, 0.6) is 0 Å². The van der Waals surface area contributed by atoms with Crippen LogP contribution in [-0.4, -0.2) is 27.3 Å². The van der Waals surface area contributed by atoms with Crippen molar-refractivity contribution in [3.63, 3.8) is 0 Å². The van der Waals surface area contributed by atoms with Crippen molar-refractivity contribution in [1.29, 1.82) is 0 Å². The molecule has 0 spiro atoms. The second-order valence-corrected chi connectivity index (χ2v) is 4.45. The summed E-state index contributed by atoms with van der Waals surface area (Å²) in [4.78, 5) is 16.2. The minimum Gasteiger partial charge on any atom is -0.460 e. The van der Waals surface area contributed by atoms with E-state index in [2.05, 4.69) is 10.1 Å². The maximum atomic E-state index is 11.9. The topological polar surface area (TPSA) is 70.2 Å². The number of aryl methyl sites for hydroxylation is 1. The molecule has 2 heterocycles. The molecule has 0 amide bonds. The number of carbonyl (C=O) groups excluding carboxylic acids is 1. The normalized spacial score (nSPS) is 11.0. The number of oxazole rings is 1. The van der Waals surface area contributed by atoms with Crippen LogP contribution in [-0.2, 0) is 11.8 Å². The molecule has 0 radical (unpaired) electrons. The quantitative estimate of drug-likeness (QED) is 0.792. The first-order valence-electron chi connectivity index (χ1n) is 6.20. The predicted molar refractivity (Wildman–Crippen MR) is 68.8 cm³/mol. The molecule has 6 nitrogen and oxygen atoms in total. The molecular weight excluding hydrogens is 246 g/mol. The first-order valence-corrected chi connectivity index (χ1v) is 6.20. The molecule has 0 saturated carbocycles. The summed E-state index contributed by atoms with van der Waals surface area (Å²) in [7, 11) is 1.79. The van der Waals surface area contributed by atoms with E-state index < -0.39 is 5.97 Å². The Kier molecular flexibility index (Phi) is 3.69. The highest BCUT2D eigenvalue weighted by Gasteiger charge is 2.24. The van der Waals surface area contributed by atoms with Gasteiger partial charge in [0.05, 0.1) is 12.3 Å². The molecule has 2 aromatic heterocycles. The van der Waals surface area contributed by atoms with Crippen LogP contribution < -0.4 is 0 Å². The Balaban J connectivity index is 2.46. The Morgan fingerprint density at radius 2 is 2.26 bits per heavy atom. The molecule has 0 aliphatic carbocycles. The Morgan fingerprint density at radius 3 is 2.79 bits per heavy atom. The summed E-state index contributed by atoms with van der Waals surface area (Å²) < 4.78 is 12.2. The third kappa shape index (κ3) is 2.52. The third-order valence-electron chi connectivity index (χ3n) is 2.70. The van der Waals surface area contributed by atoms with E-state index in [-0.39, 0.29) is 11.7 Å². The maximum Gasteiger partial charge on any atom is 0.376 e. The monoisotopic (exact) mass is 263 g/mol. The second kappa shape index (κ2) is 5.26. The van der Waals surface area contributed by atoms with E-state index in [4.69, 9.17) is 9.15 Å². The van der Waals surface area contributed by atoms with E-state index >= 15 is 0 Å². The Morgan fingerprint density at radius 1 is 1.53 bits per heavy atom. The van der Waals surface area contributed by atoms with Crippen molar-refractivity contribution < 1.29 is 13.9 Å². The molecule has 0 aliphatic heterocycles. The molecule has 19 heavy (non-hydrogen) atoms. The average molecular weight is 263 g/mol. The van der Waals surface area contributed by atoms with Crippen LogP contribution in [0.4, 0.5) is 0 Å². The third-order valence-corrected chi connectivity index (χ3v) is 2.70. The van der Waals surface area contributed by atoms with Gasteiger partial charge in [-0.15, -0.1) is 0 Å². The highest BCUT2D eigenvalue weighted by molar-refractivity contribution is 5.88. The van der Waals surface area contributed by atoms with Gasteiger partial charge in [0.25, 0.3) is 0 Å². The van der Waals surface area contributed by atoms with E-state index in [0.29, 0.717) is 18.2 Å². The molecule has 0 N–H and O–H groups in total. The Labute approximate surface area is 111 Å². The average Bonchev–Trinajstić information content (AvgIpc) is 2.94. The summed E-state index contributed by atoms with van der Waals surface area (Å²) in [6.07, 6.45) is 1.65. The van der Waals surface area contributed by atoms with Crippen molar-refractivity contribution in [3.8, 4) is 11.6 Å². The molecule has 2 aromatic rings. The zero-order valence-corrected chi connectivity index (χ0v) is 11.5. The van der Waals surface area contributed by atoms with Crippen molar-refractivity contribution in [2.45, 2.75) is 26.7 Å². The molecule has 0 aliphatic rings. The van der Waals surface area contributed by atoms with E-state index in [9.17, 15) is 4.79 Å². The minimum atomic E-state index is -0.480. The number of hydrogen-bond donors (Lipinski definition) is 0. The molecular formula is C13H17N3O3. The van der Waals surface area contributed by atoms with Gasteiger partial charge in [0, 0.05) is 13.2 Å². The van der Waals surface area contributed by atoms with Crippen molar-refractivity contribution >= 4 is 5.97 Å². The fourth-order valence-corrected chi connectivity index (χ4v) is 1.76. The minimum absolute atomic E-state index is 0.0742. The van der Waals surface area contributed by atoms with Crippen LogP contribution in [0.15, 0.2) is 16.7 Å². The molecule has 0 atom stereocenters. The Hall–Kier alpha value is -2.11. The molecule has 0 unspecified atom stereocenters. The number of rotatable bonds is 4. The fourth-order valence-electron chi connectivity index (χ4n) is 1.76. The molecule has 6 heteroatoms. The van der Waals surface area contributed by atoms with Crippen LogP contribution in [0.2, 0.25) is 0 Å². The molecule has 102 valence electrons. The van der Waals surface area contributed by atoms with Gasteiger partial charge in [-0.05, 0) is 18.9 Å². The lowest BCUT2D eigenvalue weighted by atomic mass is 10.1. The number of ether oxygens (including phenoxy) is 1. The van der Waals surface area contributed by atoms with Crippen molar-refractivity contribution in [3.05, 3.63) is 23.7 Å². The van der Waals surface area contributed by atoms with Crippen molar-refractivity contribution in [1.82, 2.24) is 14.8 Å². The van der Waals surface area contributed by atoms with Gasteiger partial charge < -0.3 is 9.15 Å². The standard InChI is InChI=1S/C13H17N3O3/c1-5-18-13(17)11-10(8(2)3)15-12(19-11)9-6-7-14-16(9)4/h6-8H,5H2,1-4H3. The maximum absolute atomic E-state index is 11.9. The Bertz CT molecular complexity index is 584. The first kappa shape index (κ1) is 13.3. The summed E-state index contributed by atoms with van der Waals surface area (Å²) in [5, 5.41) is 4.06. The number of aromatic nitrogens is 3. The lowest BCUT2D eigenvalue weighted by Gasteiger charge is -2.02. The number of hydrogen-bond acceptors (Lipinski definition) is 5. The first-order chi connectivity index (χ1) is 9.04. The van der Waals surface area contributed by atoms with Crippen LogP contribution in [0.25, 0.3) is 11.6 Å². The van der Waals surface area contributed by atoms with Crippen molar-refractivity contribution in [2.75, 3.05) is 6.61 Å². The van der Waals surface area contributed by atoms with Gasteiger partial charge in [0.15, 0.2) is 0 Å².